The van der Waals surface area contributed by atoms with Crippen LogP contribution in [-0.2, 0) is 19.4 Å². The van der Waals surface area contributed by atoms with E-state index in [2.05, 4.69) is 28.9 Å². The van der Waals surface area contributed by atoms with E-state index in [1.807, 2.05) is 23.9 Å². The van der Waals surface area contributed by atoms with E-state index < -0.39 is 0 Å². The van der Waals surface area contributed by atoms with Crippen molar-refractivity contribution >= 4 is 0 Å². The van der Waals surface area contributed by atoms with Crippen LogP contribution in [-0.4, -0.2) is 19.7 Å². The molecule has 0 fully saturated rings. The van der Waals surface area contributed by atoms with Crippen molar-refractivity contribution in [3.05, 3.63) is 35.2 Å². The van der Waals surface area contributed by atoms with Gasteiger partial charge in [-0.1, -0.05) is 13.8 Å². The third-order valence-electron chi connectivity index (χ3n) is 2.90. The normalized spacial score (nSPS) is 10.9. The summed E-state index contributed by atoms with van der Waals surface area (Å²) in [5.74, 6) is 1.83. The van der Waals surface area contributed by atoms with Crippen LogP contribution in [0.5, 0.6) is 0 Å². The monoisotopic (exact) mass is 245 g/mol. The highest BCUT2D eigenvalue weighted by atomic mass is 15.4. The van der Waals surface area contributed by atoms with Gasteiger partial charge in [-0.2, -0.15) is 5.10 Å². The molecule has 2 rings (SSSR count). The molecule has 0 unspecified atom stereocenters. The van der Waals surface area contributed by atoms with Crippen molar-refractivity contribution in [1.82, 2.24) is 19.7 Å². The van der Waals surface area contributed by atoms with Crippen LogP contribution < -0.4 is 5.73 Å². The number of aryl methyl sites for hydroxylation is 3. The Hall–Kier alpha value is -1.75. The van der Waals surface area contributed by atoms with E-state index in [0.29, 0.717) is 6.54 Å². The van der Waals surface area contributed by atoms with E-state index >= 15 is 0 Å². The minimum atomic E-state index is 0.451. The van der Waals surface area contributed by atoms with E-state index in [0.717, 1.165) is 41.4 Å². The fourth-order valence-corrected chi connectivity index (χ4v) is 1.89. The Morgan fingerprint density at radius 1 is 1.28 bits per heavy atom. The van der Waals surface area contributed by atoms with Crippen molar-refractivity contribution in [2.45, 2.75) is 40.2 Å². The lowest BCUT2D eigenvalue weighted by Gasteiger charge is -2.10. The molecule has 2 N–H and O–H groups in total. The first-order valence-electron chi connectivity index (χ1n) is 6.30. The Labute approximate surface area is 107 Å². The summed E-state index contributed by atoms with van der Waals surface area (Å²) in [5, 5.41) is 4.54. The molecule has 0 spiro atoms. The predicted octanol–water partition coefficient (Wildman–Crippen LogP) is 1.55. The third kappa shape index (κ3) is 2.26. The van der Waals surface area contributed by atoms with Crippen LogP contribution in [0.1, 0.15) is 36.8 Å². The quantitative estimate of drug-likeness (QED) is 0.887. The summed E-state index contributed by atoms with van der Waals surface area (Å²) >= 11 is 0. The molecule has 0 aliphatic carbocycles. The van der Waals surface area contributed by atoms with Gasteiger partial charge in [-0.05, 0) is 13.0 Å². The van der Waals surface area contributed by atoms with Gasteiger partial charge < -0.3 is 5.73 Å². The molecule has 0 saturated heterocycles. The van der Waals surface area contributed by atoms with Gasteiger partial charge in [-0.15, -0.1) is 0 Å². The molecule has 5 nitrogen and oxygen atoms in total. The van der Waals surface area contributed by atoms with Gasteiger partial charge in [0.1, 0.15) is 5.82 Å². The van der Waals surface area contributed by atoms with Gasteiger partial charge in [0.15, 0.2) is 5.82 Å². The fraction of sp³-hybridized carbons (Fsp3) is 0.462. The minimum Gasteiger partial charge on any atom is -0.326 e. The molecule has 5 heteroatoms. The summed E-state index contributed by atoms with van der Waals surface area (Å²) in [6.07, 6.45) is 3.50. The van der Waals surface area contributed by atoms with Gasteiger partial charge in [-0.3, -0.25) is 4.98 Å². The number of hydrogen-bond donors (Lipinski definition) is 1. The lowest BCUT2D eigenvalue weighted by molar-refractivity contribution is 0.775. The molecule has 2 heterocycles. The average Bonchev–Trinajstić information content (AvgIpc) is 2.81. The molecule has 0 bridgehead atoms. The number of pyridine rings is 1. The van der Waals surface area contributed by atoms with Gasteiger partial charge in [0, 0.05) is 36.8 Å². The minimum absolute atomic E-state index is 0.451. The Morgan fingerprint density at radius 2 is 2.06 bits per heavy atom. The predicted molar refractivity (Wildman–Crippen MR) is 70.5 cm³/mol. The van der Waals surface area contributed by atoms with E-state index in [-0.39, 0.29) is 0 Å². The summed E-state index contributed by atoms with van der Waals surface area (Å²) in [6.45, 7) is 6.55. The topological polar surface area (TPSA) is 69.6 Å². The Kier molecular flexibility index (Phi) is 3.72. The molecular weight excluding hydrogens is 226 g/mol. The Balaban J connectivity index is 2.59. The number of aromatic nitrogens is 4. The van der Waals surface area contributed by atoms with Crippen molar-refractivity contribution in [3.8, 4) is 5.69 Å². The molecular formula is C13H19N5. The number of nitrogens with zero attached hydrogens (tertiary/aromatic N) is 4. The van der Waals surface area contributed by atoms with E-state index in [1.165, 1.54) is 0 Å². The number of rotatable bonds is 4. The van der Waals surface area contributed by atoms with Crippen molar-refractivity contribution in [3.63, 3.8) is 0 Å². The molecule has 2 aromatic heterocycles. The van der Waals surface area contributed by atoms with Gasteiger partial charge in [-0.25, -0.2) is 9.67 Å². The summed E-state index contributed by atoms with van der Waals surface area (Å²) < 4.78 is 1.90. The van der Waals surface area contributed by atoms with Crippen molar-refractivity contribution in [2.75, 3.05) is 0 Å². The molecule has 0 amide bonds. The first kappa shape index (κ1) is 12.7. The smallest absolute Gasteiger partial charge is 0.151 e. The van der Waals surface area contributed by atoms with Crippen molar-refractivity contribution < 1.29 is 0 Å². The molecule has 18 heavy (non-hydrogen) atoms. The molecule has 2 aromatic rings. The zero-order chi connectivity index (χ0) is 13.1. The van der Waals surface area contributed by atoms with E-state index in [1.54, 1.807) is 0 Å². The Morgan fingerprint density at radius 3 is 2.67 bits per heavy atom. The second-order valence-corrected chi connectivity index (χ2v) is 4.22. The maximum atomic E-state index is 5.77. The Bertz CT molecular complexity index is 544. The highest BCUT2D eigenvalue weighted by Gasteiger charge is 2.12. The zero-order valence-electron chi connectivity index (χ0n) is 11.1. The van der Waals surface area contributed by atoms with Gasteiger partial charge >= 0.3 is 0 Å². The van der Waals surface area contributed by atoms with Crippen molar-refractivity contribution in [2.24, 2.45) is 5.73 Å². The molecule has 0 aromatic carbocycles. The standard InChI is InChI=1S/C13H19N5/c1-4-12-16-13(5-2)18(17-12)11-6-9(3)15-8-10(11)7-14/h6,8H,4-5,7,14H2,1-3H3. The zero-order valence-corrected chi connectivity index (χ0v) is 11.1. The van der Waals surface area contributed by atoms with Crippen LogP contribution in [0.4, 0.5) is 0 Å². The summed E-state index contributed by atoms with van der Waals surface area (Å²) in [4.78, 5) is 8.80. The van der Waals surface area contributed by atoms with Gasteiger partial charge in [0.2, 0.25) is 0 Å². The highest BCUT2D eigenvalue weighted by Crippen LogP contribution is 2.16. The first-order valence-corrected chi connectivity index (χ1v) is 6.30. The van der Waals surface area contributed by atoms with Gasteiger partial charge in [0.05, 0.1) is 5.69 Å². The second-order valence-electron chi connectivity index (χ2n) is 4.22. The molecule has 0 saturated carbocycles. The number of nitrogens with two attached hydrogens (primary N) is 1. The van der Waals surface area contributed by atoms with Crippen LogP contribution in [0.15, 0.2) is 12.3 Å². The lowest BCUT2D eigenvalue weighted by Crippen LogP contribution is -2.09. The summed E-state index contributed by atoms with van der Waals surface area (Å²) in [5.41, 5.74) is 8.71. The van der Waals surface area contributed by atoms with Crippen LogP contribution in [0.25, 0.3) is 5.69 Å². The highest BCUT2D eigenvalue weighted by molar-refractivity contribution is 5.40. The number of hydrogen-bond acceptors (Lipinski definition) is 4. The molecule has 0 radical (unpaired) electrons. The molecule has 0 aliphatic heterocycles. The lowest BCUT2D eigenvalue weighted by atomic mass is 10.2. The van der Waals surface area contributed by atoms with Crippen LogP contribution in [0.2, 0.25) is 0 Å². The summed E-state index contributed by atoms with van der Waals surface area (Å²) in [7, 11) is 0. The maximum Gasteiger partial charge on any atom is 0.151 e. The fourth-order valence-electron chi connectivity index (χ4n) is 1.89. The SMILES string of the molecule is CCc1nc(CC)n(-c2cc(C)ncc2CN)n1. The first-order chi connectivity index (χ1) is 8.69. The molecule has 96 valence electrons. The van der Waals surface area contributed by atoms with E-state index in [4.69, 9.17) is 5.73 Å². The third-order valence-corrected chi connectivity index (χ3v) is 2.90. The maximum absolute atomic E-state index is 5.77. The summed E-state index contributed by atoms with van der Waals surface area (Å²) in [6, 6.07) is 2.01. The van der Waals surface area contributed by atoms with Crippen LogP contribution in [0, 0.1) is 6.92 Å². The van der Waals surface area contributed by atoms with E-state index in [9.17, 15) is 0 Å². The van der Waals surface area contributed by atoms with Crippen LogP contribution in [0.3, 0.4) is 0 Å². The van der Waals surface area contributed by atoms with Crippen molar-refractivity contribution in [1.29, 1.82) is 0 Å². The molecule has 0 aliphatic rings. The average molecular weight is 245 g/mol. The van der Waals surface area contributed by atoms with Crippen LogP contribution >= 0.6 is 0 Å². The van der Waals surface area contributed by atoms with Gasteiger partial charge in [0.25, 0.3) is 0 Å². The second kappa shape index (κ2) is 5.27. The molecule has 0 atom stereocenters. The largest absolute Gasteiger partial charge is 0.326 e.